The Balaban J connectivity index is 1.78. The Morgan fingerprint density at radius 1 is 1.17 bits per heavy atom. The molecule has 1 heterocycles. The van der Waals surface area contributed by atoms with E-state index in [-0.39, 0.29) is 12.1 Å². The Labute approximate surface area is 145 Å². The largest absolute Gasteiger partial charge is 0.382 e. The van der Waals surface area contributed by atoms with Crippen LogP contribution in [-0.2, 0) is 16.0 Å². The van der Waals surface area contributed by atoms with Gasteiger partial charge in [-0.2, -0.15) is 0 Å². The summed E-state index contributed by atoms with van der Waals surface area (Å²) in [6.45, 7) is 9.62. The quantitative estimate of drug-likeness (QED) is 0.814. The molecular formula is C19H30N2O3. The summed E-state index contributed by atoms with van der Waals surface area (Å²) < 4.78 is 10.7. The van der Waals surface area contributed by atoms with Crippen LogP contribution in [0.1, 0.15) is 35.1 Å². The molecule has 2 amide bonds. The molecule has 0 aromatic heterocycles. The van der Waals surface area contributed by atoms with Gasteiger partial charge in [0.05, 0.1) is 19.3 Å². The molecule has 1 N–H and O–H groups in total. The predicted molar refractivity (Wildman–Crippen MR) is 95.3 cm³/mol. The number of aryl methyl sites for hydroxylation is 3. The molecule has 5 nitrogen and oxygen atoms in total. The SMILES string of the molecule is COCCOC1CCN(C(=O)NCc2c(C)cc(C)cc2C)CC1. The van der Waals surface area contributed by atoms with Crippen LogP contribution in [0.15, 0.2) is 12.1 Å². The zero-order chi connectivity index (χ0) is 17.5. The van der Waals surface area contributed by atoms with Crippen molar-refractivity contribution < 1.29 is 14.3 Å². The van der Waals surface area contributed by atoms with E-state index < -0.39 is 0 Å². The first kappa shape index (κ1) is 18.7. The van der Waals surface area contributed by atoms with Gasteiger partial charge in [-0.1, -0.05) is 17.7 Å². The molecular weight excluding hydrogens is 304 g/mol. The molecule has 1 aromatic carbocycles. The number of piperidine rings is 1. The normalized spacial score (nSPS) is 15.6. The van der Waals surface area contributed by atoms with Crippen LogP contribution < -0.4 is 5.32 Å². The van der Waals surface area contributed by atoms with Gasteiger partial charge in [0.2, 0.25) is 0 Å². The van der Waals surface area contributed by atoms with Crippen molar-refractivity contribution >= 4 is 6.03 Å². The molecule has 0 atom stereocenters. The molecule has 24 heavy (non-hydrogen) atoms. The topological polar surface area (TPSA) is 50.8 Å². The van der Waals surface area contributed by atoms with Gasteiger partial charge in [-0.05, 0) is 50.3 Å². The Hall–Kier alpha value is -1.59. The molecule has 1 saturated heterocycles. The van der Waals surface area contributed by atoms with Gasteiger partial charge in [0.1, 0.15) is 0 Å². The highest BCUT2D eigenvalue weighted by molar-refractivity contribution is 5.74. The van der Waals surface area contributed by atoms with Gasteiger partial charge >= 0.3 is 6.03 Å². The van der Waals surface area contributed by atoms with E-state index in [9.17, 15) is 4.79 Å². The van der Waals surface area contributed by atoms with Crippen LogP contribution in [0.4, 0.5) is 4.79 Å². The molecule has 0 unspecified atom stereocenters. The van der Waals surface area contributed by atoms with Crippen molar-refractivity contribution in [3.8, 4) is 0 Å². The van der Waals surface area contributed by atoms with Crippen molar-refractivity contribution in [2.24, 2.45) is 0 Å². The van der Waals surface area contributed by atoms with Gasteiger partial charge in [0.15, 0.2) is 0 Å². The summed E-state index contributed by atoms with van der Waals surface area (Å²) in [6, 6.07) is 4.35. The van der Waals surface area contributed by atoms with Gasteiger partial charge in [0.25, 0.3) is 0 Å². The van der Waals surface area contributed by atoms with Crippen LogP contribution in [0, 0.1) is 20.8 Å². The highest BCUT2D eigenvalue weighted by atomic mass is 16.5. The molecule has 5 heteroatoms. The second-order valence-corrected chi connectivity index (χ2v) is 6.59. The lowest BCUT2D eigenvalue weighted by Crippen LogP contribution is -2.45. The first-order valence-corrected chi connectivity index (χ1v) is 8.71. The summed E-state index contributed by atoms with van der Waals surface area (Å²) in [5, 5.41) is 3.06. The van der Waals surface area contributed by atoms with Gasteiger partial charge in [0, 0.05) is 26.7 Å². The molecule has 1 fully saturated rings. The minimum Gasteiger partial charge on any atom is -0.382 e. The molecule has 0 bridgehead atoms. The van der Waals surface area contributed by atoms with Gasteiger partial charge in [-0.3, -0.25) is 0 Å². The van der Waals surface area contributed by atoms with E-state index in [1.165, 1.54) is 22.3 Å². The van der Waals surface area contributed by atoms with Crippen molar-refractivity contribution in [3.05, 3.63) is 34.4 Å². The first-order valence-electron chi connectivity index (χ1n) is 8.71. The number of ether oxygens (including phenoxy) is 2. The maximum absolute atomic E-state index is 12.4. The number of carbonyl (C=O) groups is 1. The third-order valence-electron chi connectivity index (χ3n) is 4.63. The van der Waals surface area contributed by atoms with E-state index in [2.05, 4.69) is 38.2 Å². The van der Waals surface area contributed by atoms with Crippen LogP contribution in [0.3, 0.4) is 0 Å². The van der Waals surface area contributed by atoms with Crippen LogP contribution in [0.5, 0.6) is 0 Å². The highest BCUT2D eigenvalue weighted by Gasteiger charge is 2.23. The Morgan fingerprint density at radius 2 is 1.79 bits per heavy atom. The number of likely N-dealkylation sites (tertiary alicyclic amines) is 1. The molecule has 2 rings (SSSR count). The summed E-state index contributed by atoms with van der Waals surface area (Å²) in [6.07, 6.45) is 2.02. The maximum Gasteiger partial charge on any atom is 0.317 e. The molecule has 134 valence electrons. The van der Waals surface area contributed by atoms with Crippen molar-refractivity contribution in [2.45, 2.75) is 46.3 Å². The molecule has 1 aliphatic rings. The van der Waals surface area contributed by atoms with Crippen LogP contribution in [0.2, 0.25) is 0 Å². The molecule has 0 radical (unpaired) electrons. The fourth-order valence-electron chi connectivity index (χ4n) is 3.29. The number of nitrogens with zero attached hydrogens (tertiary/aromatic N) is 1. The molecule has 0 saturated carbocycles. The van der Waals surface area contributed by atoms with E-state index in [0.29, 0.717) is 19.8 Å². The number of hydrogen-bond acceptors (Lipinski definition) is 3. The van der Waals surface area contributed by atoms with Gasteiger partial charge in [-0.25, -0.2) is 4.79 Å². The van der Waals surface area contributed by atoms with E-state index in [0.717, 1.165) is 25.9 Å². The van der Waals surface area contributed by atoms with E-state index >= 15 is 0 Å². The first-order chi connectivity index (χ1) is 11.5. The number of rotatable bonds is 6. The molecule has 1 aliphatic heterocycles. The number of methoxy groups -OCH3 is 1. The highest BCUT2D eigenvalue weighted by Crippen LogP contribution is 2.17. The number of benzene rings is 1. The lowest BCUT2D eigenvalue weighted by Gasteiger charge is -2.32. The summed E-state index contributed by atoms with van der Waals surface area (Å²) in [5.74, 6) is 0. The van der Waals surface area contributed by atoms with E-state index in [1.807, 2.05) is 4.90 Å². The summed E-state index contributed by atoms with van der Waals surface area (Å²) in [4.78, 5) is 14.3. The maximum atomic E-state index is 12.4. The second-order valence-electron chi connectivity index (χ2n) is 6.59. The minimum absolute atomic E-state index is 0.0183. The third-order valence-corrected chi connectivity index (χ3v) is 4.63. The molecule has 1 aromatic rings. The lowest BCUT2D eigenvalue weighted by atomic mass is 10.00. The van der Waals surface area contributed by atoms with Gasteiger partial charge in [-0.15, -0.1) is 0 Å². The number of amides is 2. The monoisotopic (exact) mass is 334 g/mol. The molecule has 0 spiro atoms. The van der Waals surface area contributed by atoms with Gasteiger partial charge < -0.3 is 19.7 Å². The Bertz CT molecular complexity index is 529. The van der Waals surface area contributed by atoms with Crippen LogP contribution in [0.25, 0.3) is 0 Å². The minimum atomic E-state index is 0.0183. The number of carbonyl (C=O) groups excluding carboxylic acids is 1. The number of urea groups is 1. The van der Waals surface area contributed by atoms with E-state index in [4.69, 9.17) is 9.47 Å². The van der Waals surface area contributed by atoms with Crippen molar-refractivity contribution in [1.82, 2.24) is 10.2 Å². The van der Waals surface area contributed by atoms with Crippen molar-refractivity contribution in [2.75, 3.05) is 33.4 Å². The standard InChI is InChI=1S/C19H30N2O3/c1-14-11-15(2)18(16(3)12-14)13-20-19(22)21-7-5-17(6-8-21)24-10-9-23-4/h11-12,17H,5-10,13H2,1-4H3,(H,20,22). The lowest BCUT2D eigenvalue weighted by molar-refractivity contribution is -0.00920. The zero-order valence-electron chi connectivity index (χ0n) is 15.4. The second kappa shape index (κ2) is 9.04. The number of nitrogens with one attached hydrogen (secondary N) is 1. The van der Waals surface area contributed by atoms with Crippen LogP contribution in [-0.4, -0.2) is 50.4 Å². The van der Waals surface area contributed by atoms with Crippen LogP contribution >= 0.6 is 0 Å². The van der Waals surface area contributed by atoms with E-state index in [1.54, 1.807) is 7.11 Å². The smallest absolute Gasteiger partial charge is 0.317 e. The zero-order valence-corrected chi connectivity index (χ0v) is 15.4. The Morgan fingerprint density at radius 3 is 2.38 bits per heavy atom. The van der Waals surface area contributed by atoms with Crippen molar-refractivity contribution in [1.29, 1.82) is 0 Å². The summed E-state index contributed by atoms with van der Waals surface area (Å²) in [5.41, 5.74) is 4.94. The summed E-state index contributed by atoms with van der Waals surface area (Å²) >= 11 is 0. The predicted octanol–water partition coefficient (Wildman–Crippen LogP) is 2.95. The fraction of sp³-hybridized carbons (Fsp3) is 0.632. The average molecular weight is 334 g/mol. The fourth-order valence-corrected chi connectivity index (χ4v) is 3.29. The average Bonchev–Trinajstić information content (AvgIpc) is 2.54. The number of hydrogen-bond donors (Lipinski definition) is 1. The Kier molecular flexibility index (Phi) is 7.06. The van der Waals surface area contributed by atoms with Crippen molar-refractivity contribution in [3.63, 3.8) is 0 Å². The third kappa shape index (κ3) is 5.21. The molecule has 0 aliphatic carbocycles. The summed E-state index contributed by atoms with van der Waals surface area (Å²) in [7, 11) is 1.67.